The Hall–Kier alpha value is -2.56. The van der Waals surface area contributed by atoms with Gasteiger partial charge in [0.05, 0.1) is 17.0 Å². The molecule has 0 aliphatic heterocycles. The van der Waals surface area contributed by atoms with Crippen molar-refractivity contribution in [1.29, 1.82) is 0 Å². The van der Waals surface area contributed by atoms with Gasteiger partial charge in [0, 0.05) is 18.6 Å². The van der Waals surface area contributed by atoms with E-state index < -0.39 is 5.63 Å². The third-order valence-corrected chi connectivity index (χ3v) is 4.51. The Kier molecular flexibility index (Phi) is 6.10. The van der Waals surface area contributed by atoms with Crippen molar-refractivity contribution in [3.8, 4) is 5.75 Å². The zero-order chi connectivity index (χ0) is 18.4. The monoisotopic (exact) mass is 356 g/mol. The average molecular weight is 356 g/mol. The van der Waals surface area contributed by atoms with E-state index in [-0.39, 0.29) is 5.97 Å². The van der Waals surface area contributed by atoms with Gasteiger partial charge in [-0.15, -0.1) is 0 Å². The third kappa shape index (κ3) is 4.34. The molecule has 0 saturated heterocycles. The van der Waals surface area contributed by atoms with E-state index in [0.29, 0.717) is 34.1 Å². The van der Waals surface area contributed by atoms with Crippen molar-refractivity contribution in [3.63, 3.8) is 0 Å². The van der Waals surface area contributed by atoms with Crippen LogP contribution in [0.25, 0.3) is 21.9 Å². The number of hydrogen-bond donors (Lipinski definition) is 0. The first-order valence-electron chi connectivity index (χ1n) is 9.34. The van der Waals surface area contributed by atoms with Crippen LogP contribution < -0.4 is 10.4 Å². The lowest BCUT2D eigenvalue weighted by atomic mass is 10.1. The number of benzene rings is 1. The molecule has 2 heterocycles. The van der Waals surface area contributed by atoms with Crippen molar-refractivity contribution in [1.82, 2.24) is 0 Å². The Balaban J connectivity index is 1.66. The number of esters is 1. The van der Waals surface area contributed by atoms with E-state index in [1.165, 1.54) is 38.0 Å². The minimum absolute atomic E-state index is 0.278. The van der Waals surface area contributed by atoms with Gasteiger partial charge in [0.1, 0.15) is 11.2 Å². The van der Waals surface area contributed by atoms with Gasteiger partial charge >= 0.3 is 11.6 Å². The van der Waals surface area contributed by atoms with E-state index in [9.17, 15) is 9.59 Å². The number of carbonyl (C=O) groups excluding carboxylic acids is 1. The molecule has 5 heteroatoms. The van der Waals surface area contributed by atoms with Crippen LogP contribution in [-0.4, -0.2) is 5.97 Å². The molecule has 0 N–H and O–H groups in total. The Labute approximate surface area is 151 Å². The topological polar surface area (TPSA) is 69.7 Å². The summed E-state index contributed by atoms with van der Waals surface area (Å²) in [4.78, 5) is 23.7. The van der Waals surface area contributed by atoms with Crippen LogP contribution in [0, 0.1) is 0 Å². The first-order valence-corrected chi connectivity index (χ1v) is 9.34. The number of unbranched alkanes of at least 4 members (excludes halogenated alkanes) is 6. The largest absolute Gasteiger partial charge is 0.464 e. The third-order valence-electron chi connectivity index (χ3n) is 4.51. The summed E-state index contributed by atoms with van der Waals surface area (Å²) in [7, 11) is 0. The van der Waals surface area contributed by atoms with Crippen LogP contribution >= 0.6 is 0 Å². The first kappa shape index (κ1) is 18.2. The summed E-state index contributed by atoms with van der Waals surface area (Å²) in [5.41, 5.74) is 0.410. The maximum Gasteiger partial charge on any atom is 0.336 e. The zero-order valence-corrected chi connectivity index (χ0v) is 15.1. The maximum atomic E-state index is 12.3. The number of furan rings is 1. The number of rotatable bonds is 9. The lowest BCUT2D eigenvalue weighted by molar-refractivity contribution is -0.134. The fourth-order valence-corrected chi connectivity index (χ4v) is 3.11. The highest BCUT2D eigenvalue weighted by Gasteiger charge is 2.16. The van der Waals surface area contributed by atoms with Crippen molar-refractivity contribution in [2.75, 3.05) is 0 Å². The maximum absolute atomic E-state index is 12.3. The number of hydrogen-bond acceptors (Lipinski definition) is 5. The molecule has 0 amide bonds. The molecule has 0 atom stereocenters. The predicted molar refractivity (Wildman–Crippen MR) is 101 cm³/mol. The van der Waals surface area contributed by atoms with Crippen molar-refractivity contribution < 1.29 is 18.4 Å². The Morgan fingerprint density at radius 3 is 2.50 bits per heavy atom. The fraction of sp³-hybridized carbons (Fsp3) is 0.429. The second kappa shape index (κ2) is 8.70. The van der Waals surface area contributed by atoms with Gasteiger partial charge in [-0.3, -0.25) is 4.79 Å². The Bertz CT molecular complexity index is 934. The summed E-state index contributed by atoms with van der Waals surface area (Å²) in [6, 6.07) is 6.32. The summed E-state index contributed by atoms with van der Waals surface area (Å²) in [5.74, 6) is 0.114. The van der Waals surface area contributed by atoms with Crippen molar-refractivity contribution in [3.05, 3.63) is 40.9 Å². The molecule has 0 fully saturated rings. The number of ether oxygens (including phenoxy) is 1. The summed E-state index contributed by atoms with van der Waals surface area (Å²) in [5, 5.41) is 1.28. The minimum atomic E-state index is -0.455. The van der Waals surface area contributed by atoms with Crippen LogP contribution in [0.2, 0.25) is 0 Å². The van der Waals surface area contributed by atoms with E-state index in [1.807, 2.05) is 0 Å². The molecular weight excluding hydrogens is 332 g/mol. The van der Waals surface area contributed by atoms with Crippen molar-refractivity contribution in [2.45, 2.75) is 58.3 Å². The van der Waals surface area contributed by atoms with Gasteiger partial charge in [-0.1, -0.05) is 45.4 Å². The number of carbonyl (C=O) groups is 1. The molecule has 26 heavy (non-hydrogen) atoms. The standard InChI is InChI=1S/C21H24O5/c1-2-3-4-5-6-7-8-9-19(22)26-21-15-10-11-20(23)25-18(15)14-17-16(21)12-13-24-17/h10-14H,2-9H2,1H3. The molecule has 0 saturated carbocycles. The second-order valence-electron chi connectivity index (χ2n) is 6.55. The summed E-state index contributed by atoms with van der Waals surface area (Å²) >= 11 is 0. The Morgan fingerprint density at radius 2 is 1.69 bits per heavy atom. The van der Waals surface area contributed by atoms with Crippen LogP contribution in [0.1, 0.15) is 58.3 Å². The second-order valence-corrected chi connectivity index (χ2v) is 6.55. The number of fused-ring (bicyclic) bond motifs is 2. The molecule has 0 spiro atoms. The molecule has 2 aromatic heterocycles. The molecule has 0 bridgehead atoms. The van der Waals surface area contributed by atoms with Gasteiger partial charge in [0.15, 0.2) is 5.75 Å². The molecule has 5 nitrogen and oxygen atoms in total. The highest BCUT2D eigenvalue weighted by molar-refractivity contribution is 6.02. The van der Waals surface area contributed by atoms with E-state index in [1.54, 1.807) is 18.2 Å². The van der Waals surface area contributed by atoms with Crippen LogP contribution in [0.5, 0.6) is 5.75 Å². The molecule has 138 valence electrons. The van der Waals surface area contributed by atoms with Gasteiger partial charge in [-0.25, -0.2) is 4.79 Å². The summed E-state index contributed by atoms with van der Waals surface area (Å²) in [6.07, 6.45) is 9.90. The smallest absolute Gasteiger partial charge is 0.336 e. The lowest BCUT2D eigenvalue weighted by Crippen LogP contribution is -2.08. The highest BCUT2D eigenvalue weighted by Crippen LogP contribution is 2.35. The first-order chi connectivity index (χ1) is 12.7. The molecule has 0 unspecified atom stereocenters. The minimum Gasteiger partial charge on any atom is -0.464 e. The summed E-state index contributed by atoms with van der Waals surface area (Å²) in [6.45, 7) is 2.20. The zero-order valence-electron chi connectivity index (χ0n) is 15.1. The van der Waals surface area contributed by atoms with Crippen LogP contribution in [0.3, 0.4) is 0 Å². The molecule has 3 rings (SSSR count). The van der Waals surface area contributed by atoms with E-state index in [4.69, 9.17) is 13.6 Å². The SMILES string of the molecule is CCCCCCCCCC(=O)Oc1c2ccoc2cc2oc(=O)ccc12. The van der Waals surface area contributed by atoms with Crippen LogP contribution in [0.4, 0.5) is 0 Å². The molecule has 3 aromatic rings. The van der Waals surface area contributed by atoms with E-state index in [0.717, 1.165) is 19.3 Å². The average Bonchev–Trinajstić information content (AvgIpc) is 3.08. The lowest BCUT2D eigenvalue weighted by Gasteiger charge is -2.08. The van der Waals surface area contributed by atoms with Crippen molar-refractivity contribution >= 4 is 27.9 Å². The highest BCUT2D eigenvalue weighted by atomic mass is 16.5. The van der Waals surface area contributed by atoms with Gasteiger partial charge in [-0.05, 0) is 18.6 Å². The molecule has 0 radical (unpaired) electrons. The van der Waals surface area contributed by atoms with E-state index in [2.05, 4.69) is 6.92 Å². The summed E-state index contributed by atoms with van der Waals surface area (Å²) < 4.78 is 16.2. The normalized spacial score (nSPS) is 11.3. The van der Waals surface area contributed by atoms with Gasteiger partial charge in [-0.2, -0.15) is 0 Å². The van der Waals surface area contributed by atoms with Crippen LogP contribution in [-0.2, 0) is 4.79 Å². The molecule has 0 aliphatic rings. The van der Waals surface area contributed by atoms with Gasteiger partial charge < -0.3 is 13.6 Å². The quantitative estimate of drug-likeness (QED) is 0.216. The Morgan fingerprint density at radius 1 is 0.962 bits per heavy atom. The van der Waals surface area contributed by atoms with Gasteiger partial charge in [0.2, 0.25) is 0 Å². The van der Waals surface area contributed by atoms with Crippen molar-refractivity contribution in [2.24, 2.45) is 0 Å². The fourth-order valence-electron chi connectivity index (χ4n) is 3.11. The molecule has 1 aromatic carbocycles. The van der Waals surface area contributed by atoms with E-state index >= 15 is 0 Å². The predicted octanol–water partition coefficient (Wildman–Crippen LogP) is 5.59. The van der Waals surface area contributed by atoms with Gasteiger partial charge in [0.25, 0.3) is 0 Å². The van der Waals surface area contributed by atoms with Crippen LogP contribution in [0.15, 0.2) is 44.2 Å². The molecular formula is C21H24O5. The molecule has 0 aliphatic carbocycles.